The summed E-state index contributed by atoms with van der Waals surface area (Å²) in [5.74, 6) is -0.333. The van der Waals surface area contributed by atoms with Gasteiger partial charge in [0, 0.05) is 11.3 Å². The van der Waals surface area contributed by atoms with Gasteiger partial charge in [0.15, 0.2) is 0 Å². The van der Waals surface area contributed by atoms with Crippen molar-refractivity contribution in [2.45, 2.75) is 38.8 Å². The molecule has 3 atom stereocenters. The Hall–Kier alpha value is -1.95. The molecule has 1 saturated heterocycles. The van der Waals surface area contributed by atoms with Crippen LogP contribution < -0.4 is 5.32 Å². The van der Waals surface area contributed by atoms with Crippen LogP contribution in [-0.2, 0) is 11.0 Å². The van der Waals surface area contributed by atoms with Crippen molar-refractivity contribution in [3.8, 4) is 0 Å². The lowest BCUT2D eigenvalue weighted by Gasteiger charge is -2.37. The van der Waals surface area contributed by atoms with E-state index in [1.165, 1.54) is 6.92 Å². The normalized spacial score (nSPS) is 22.3. The molecule has 2 heterocycles. The molecule has 2 aromatic rings. The number of benzene rings is 1. The van der Waals surface area contributed by atoms with Crippen LogP contribution in [0.25, 0.3) is 10.9 Å². The van der Waals surface area contributed by atoms with Crippen molar-refractivity contribution >= 4 is 16.7 Å². The second-order valence-electron chi connectivity index (χ2n) is 7.02. The standard InChI is InChI=1S/C20H23F3N2O/c1-3-13-11-24-9-8-14(13)19(12(2)26)16-10-18(20(21,22)23)25-17-7-5-4-6-15(16)17/h4-7,10,13-14,19,24H,3,8-9,11H2,1-2H3/t13-,14?,19?/m1/s1. The van der Waals surface area contributed by atoms with Gasteiger partial charge in [-0.15, -0.1) is 0 Å². The number of hydrogen-bond acceptors (Lipinski definition) is 3. The minimum absolute atomic E-state index is 0.0330. The lowest BCUT2D eigenvalue weighted by molar-refractivity contribution is -0.141. The van der Waals surface area contributed by atoms with E-state index in [1.807, 2.05) is 0 Å². The van der Waals surface area contributed by atoms with Gasteiger partial charge in [0.25, 0.3) is 0 Å². The number of rotatable bonds is 4. The van der Waals surface area contributed by atoms with E-state index in [4.69, 9.17) is 0 Å². The molecule has 0 saturated carbocycles. The molecule has 0 amide bonds. The van der Waals surface area contributed by atoms with Crippen molar-refractivity contribution in [3.63, 3.8) is 0 Å². The molecule has 0 bridgehead atoms. The number of carbonyl (C=O) groups excluding carboxylic acids is 1. The molecule has 140 valence electrons. The van der Waals surface area contributed by atoms with Crippen molar-refractivity contribution in [2.75, 3.05) is 13.1 Å². The number of alkyl halides is 3. The zero-order valence-electron chi connectivity index (χ0n) is 14.9. The number of carbonyl (C=O) groups is 1. The Labute approximate surface area is 151 Å². The smallest absolute Gasteiger partial charge is 0.316 e. The van der Waals surface area contributed by atoms with Crippen LogP contribution in [0.15, 0.2) is 30.3 Å². The molecule has 1 fully saturated rings. The van der Waals surface area contributed by atoms with Gasteiger partial charge in [-0.1, -0.05) is 31.5 Å². The van der Waals surface area contributed by atoms with Crippen LogP contribution in [0.2, 0.25) is 0 Å². The van der Waals surface area contributed by atoms with Crippen LogP contribution >= 0.6 is 0 Å². The summed E-state index contributed by atoms with van der Waals surface area (Å²) in [5.41, 5.74) is -0.189. The SMILES string of the molecule is CC[C@@H]1CNCCC1C(C(C)=O)c1cc(C(F)(F)F)nc2ccccc12. The Bertz CT molecular complexity index is 803. The van der Waals surface area contributed by atoms with Crippen LogP contribution in [0.3, 0.4) is 0 Å². The van der Waals surface area contributed by atoms with Gasteiger partial charge >= 0.3 is 6.18 Å². The summed E-state index contributed by atoms with van der Waals surface area (Å²) in [6.45, 7) is 5.12. The van der Waals surface area contributed by atoms with Gasteiger partial charge in [0.05, 0.1) is 5.52 Å². The van der Waals surface area contributed by atoms with Gasteiger partial charge in [-0.25, -0.2) is 4.98 Å². The number of aromatic nitrogens is 1. The van der Waals surface area contributed by atoms with Crippen molar-refractivity contribution in [3.05, 3.63) is 41.6 Å². The Morgan fingerprint density at radius 2 is 2.08 bits per heavy atom. The lowest BCUT2D eigenvalue weighted by Crippen LogP contribution is -2.40. The molecule has 26 heavy (non-hydrogen) atoms. The fraction of sp³-hybridized carbons (Fsp3) is 0.500. The Balaban J connectivity index is 2.20. The maximum atomic E-state index is 13.4. The molecule has 1 aliphatic heterocycles. The first kappa shape index (κ1) is 18.8. The first-order valence-electron chi connectivity index (χ1n) is 9.01. The van der Waals surface area contributed by atoms with E-state index < -0.39 is 17.8 Å². The van der Waals surface area contributed by atoms with Crippen LogP contribution in [0.1, 0.15) is 43.9 Å². The first-order chi connectivity index (χ1) is 12.3. The number of halogens is 3. The van der Waals surface area contributed by atoms with Crippen LogP contribution in [0.5, 0.6) is 0 Å². The minimum Gasteiger partial charge on any atom is -0.316 e. The highest BCUT2D eigenvalue weighted by Gasteiger charge is 2.38. The average molecular weight is 364 g/mol. The number of Topliss-reactive ketones (excluding diaryl/α,β-unsaturated/α-hetero) is 1. The predicted molar refractivity (Wildman–Crippen MR) is 94.9 cm³/mol. The van der Waals surface area contributed by atoms with Gasteiger partial charge in [-0.05, 0) is 56.0 Å². The number of para-hydroxylation sites is 1. The topological polar surface area (TPSA) is 42.0 Å². The number of piperidine rings is 1. The Morgan fingerprint density at radius 3 is 2.73 bits per heavy atom. The molecule has 1 aromatic heterocycles. The Kier molecular flexibility index (Phi) is 5.32. The lowest BCUT2D eigenvalue weighted by atomic mass is 9.71. The fourth-order valence-corrected chi connectivity index (χ4v) is 4.19. The number of nitrogens with one attached hydrogen (secondary N) is 1. The van der Waals surface area contributed by atoms with Gasteiger partial charge < -0.3 is 5.32 Å². The molecular weight excluding hydrogens is 341 g/mol. The quantitative estimate of drug-likeness (QED) is 0.865. The summed E-state index contributed by atoms with van der Waals surface area (Å²) in [4.78, 5) is 16.4. The molecule has 3 rings (SSSR count). The number of fused-ring (bicyclic) bond motifs is 1. The number of pyridine rings is 1. The highest BCUT2D eigenvalue weighted by Crippen LogP contribution is 2.41. The molecule has 1 N–H and O–H groups in total. The predicted octanol–water partition coefficient (Wildman–Crippen LogP) is 4.56. The summed E-state index contributed by atoms with van der Waals surface area (Å²) < 4.78 is 40.2. The maximum Gasteiger partial charge on any atom is 0.433 e. The van der Waals surface area contributed by atoms with Gasteiger partial charge in [0.2, 0.25) is 0 Å². The van der Waals surface area contributed by atoms with Crippen molar-refractivity contribution < 1.29 is 18.0 Å². The molecule has 0 spiro atoms. The number of ketones is 1. The average Bonchev–Trinajstić information content (AvgIpc) is 2.61. The molecule has 6 heteroatoms. The summed E-state index contributed by atoms with van der Waals surface area (Å²) in [6, 6.07) is 7.86. The van der Waals surface area contributed by atoms with Crippen LogP contribution in [-0.4, -0.2) is 23.9 Å². The number of hydrogen-bond donors (Lipinski definition) is 1. The Morgan fingerprint density at radius 1 is 1.35 bits per heavy atom. The molecular formula is C20H23F3N2O. The summed E-state index contributed by atoms with van der Waals surface area (Å²) >= 11 is 0. The monoisotopic (exact) mass is 364 g/mol. The van der Waals surface area contributed by atoms with Crippen molar-refractivity contribution in [1.82, 2.24) is 10.3 Å². The molecule has 2 unspecified atom stereocenters. The summed E-state index contributed by atoms with van der Waals surface area (Å²) in [5, 5.41) is 3.96. The summed E-state index contributed by atoms with van der Waals surface area (Å²) in [7, 11) is 0. The van der Waals surface area contributed by atoms with Gasteiger partial charge in [-0.2, -0.15) is 13.2 Å². The van der Waals surface area contributed by atoms with E-state index in [0.717, 1.165) is 32.0 Å². The van der Waals surface area contributed by atoms with Crippen molar-refractivity contribution in [2.24, 2.45) is 11.8 Å². The molecule has 3 nitrogen and oxygen atoms in total. The zero-order chi connectivity index (χ0) is 18.9. The van der Waals surface area contributed by atoms with E-state index in [0.29, 0.717) is 10.9 Å². The fourth-order valence-electron chi connectivity index (χ4n) is 4.19. The minimum atomic E-state index is -4.54. The van der Waals surface area contributed by atoms with E-state index >= 15 is 0 Å². The number of nitrogens with zero attached hydrogens (tertiary/aromatic N) is 1. The third-order valence-electron chi connectivity index (χ3n) is 5.43. The van der Waals surface area contributed by atoms with E-state index in [-0.39, 0.29) is 23.1 Å². The second kappa shape index (κ2) is 7.35. The highest BCUT2D eigenvalue weighted by atomic mass is 19.4. The van der Waals surface area contributed by atoms with Crippen molar-refractivity contribution in [1.29, 1.82) is 0 Å². The van der Waals surface area contributed by atoms with Crippen LogP contribution in [0, 0.1) is 11.8 Å². The third kappa shape index (κ3) is 3.61. The van der Waals surface area contributed by atoms with Crippen LogP contribution in [0.4, 0.5) is 13.2 Å². The molecule has 1 aliphatic rings. The molecule has 1 aromatic carbocycles. The molecule has 0 radical (unpaired) electrons. The zero-order valence-corrected chi connectivity index (χ0v) is 14.9. The van der Waals surface area contributed by atoms with E-state index in [2.05, 4.69) is 17.2 Å². The highest BCUT2D eigenvalue weighted by molar-refractivity contribution is 5.91. The maximum absolute atomic E-state index is 13.4. The second-order valence-corrected chi connectivity index (χ2v) is 7.02. The summed E-state index contributed by atoms with van der Waals surface area (Å²) in [6.07, 6.45) is -2.88. The van der Waals surface area contributed by atoms with Gasteiger partial charge in [-0.3, -0.25) is 4.79 Å². The van der Waals surface area contributed by atoms with E-state index in [1.54, 1.807) is 24.3 Å². The third-order valence-corrected chi connectivity index (χ3v) is 5.43. The molecule has 0 aliphatic carbocycles. The van der Waals surface area contributed by atoms with Gasteiger partial charge in [0.1, 0.15) is 11.5 Å². The largest absolute Gasteiger partial charge is 0.433 e. The van der Waals surface area contributed by atoms with E-state index in [9.17, 15) is 18.0 Å². The first-order valence-corrected chi connectivity index (χ1v) is 9.01.